The van der Waals surface area contributed by atoms with Gasteiger partial charge in [0, 0.05) is 25.9 Å². The normalized spacial score (nSPS) is 16.8. The van der Waals surface area contributed by atoms with Crippen LogP contribution in [0.1, 0.15) is 31.7 Å². The van der Waals surface area contributed by atoms with Crippen LogP contribution in [-0.4, -0.2) is 52.1 Å². The molecule has 2 amide bonds. The summed E-state index contributed by atoms with van der Waals surface area (Å²) in [6.45, 7) is 5.23. The molecule has 8 nitrogen and oxygen atoms in total. The molecule has 8 heteroatoms. The van der Waals surface area contributed by atoms with Crippen molar-refractivity contribution < 1.29 is 14.3 Å². The molecule has 1 fully saturated rings. The summed E-state index contributed by atoms with van der Waals surface area (Å²) in [6.07, 6.45) is 0.804. The van der Waals surface area contributed by atoms with Gasteiger partial charge in [0.15, 0.2) is 0 Å². The van der Waals surface area contributed by atoms with E-state index in [0.29, 0.717) is 31.3 Å². The van der Waals surface area contributed by atoms with E-state index in [9.17, 15) is 9.59 Å². The molecule has 1 aliphatic heterocycles. The Morgan fingerprint density at radius 2 is 2.11 bits per heavy atom. The van der Waals surface area contributed by atoms with Gasteiger partial charge in [0.2, 0.25) is 17.8 Å². The Balaban J connectivity index is 1.55. The number of nitrogens with one attached hydrogen (secondary N) is 2. The van der Waals surface area contributed by atoms with Crippen LogP contribution in [0.2, 0.25) is 0 Å². The SMILES string of the molecule is COc1ccc(Cc2nc(NC(=O)C3CC(=O)N(CC(C)C)C3)n[nH]2)cc1. The number of amides is 2. The lowest BCUT2D eigenvalue weighted by Gasteiger charge is -2.18. The lowest BCUT2D eigenvalue weighted by Crippen LogP contribution is -2.31. The van der Waals surface area contributed by atoms with Gasteiger partial charge in [-0.25, -0.2) is 0 Å². The summed E-state index contributed by atoms with van der Waals surface area (Å²) in [5.74, 6) is 1.51. The second-order valence-corrected chi connectivity index (χ2v) is 7.21. The zero-order valence-electron chi connectivity index (χ0n) is 15.9. The Kier molecular flexibility index (Phi) is 5.73. The van der Waals surface area contributed by atoms with Crippen LogP contribution in [0.5, 0.6) is 5.75 Å². The molecule has 27 heavy (non-hydrogen) atoms. The van der Waals surface area contributed by atoms with Crippen LogP contribution in [0.4, 0.5) is 5.95 Å². The predicted octanol–water partition coefficient (Wildman–Crippen LogP) is 1.85. The van der Waals surface area contributed by atoms with Crippen LogP contribution in [-0.2, 0) is 16.0 Å². The van der Waals surface area contributed by atoms with Gasteiger partial charge in [-0.05, 0) is 23.6 Å². The monoisotopic (exact) mass is 371 g/mol. The van der Waals surface area contributed by atoms with E-state index >= 15 is 0 Å². The highest BCUT2D eigenvalue weighted by Gasteiger charge is 2.34. The molecule has 2 heterocycles. The second-order valence-electron chi connectivity index (χ2n) is 7.21. The van der Waals surface area contributed by atoms with Gasteiger partial charge < -0.3 is 9.64 Å². The molecule has 2 aromatic rings. The topological polar surface area (TPSA) is 100 Å². The maximum Gasteiger partial charge on any atom is 0.248 e. The number of carbonyl (C=O) groups is 2. The lowest BCUT2D eigenvalue weighted by atomic mass is 10.1. The summed E-state index contributed by atoms with van der Waals surface area (Å²) in [4.78, 5) is 30.5. The Bertz CT molecular complexity index is 800. The highest BCUT2D eigenvalue weighted by molar-refractivity contribution is 5.96. The Labute approximate surface area is 158 Å². The first-order valence-electron chi connectivity index (χ1n) is 9.07. The van der Waals surface area contributed by atoms with Crippen molar-refractivity contribution >= 4 is 17.8 Å². The Hall–Kier alpha value is -2.90. The molecule has 0 bridgehead atoms. The van der Waals surface area contributed by atoms with Crippen LogP contribution >= 0.6 is 0 Å². The van der Waals surface area contributed by atoms with Crippen molar-refractivity contribution in [1.29, 1.82) is 0 Å². The molecule has 0 saturated carbocycles. The van der Waals surface area contributed by atoms with E-state index in [1.807, 2.05) is 24.3 Å². The van der Waals surface area contributed by atoms with Crippen molar-refractivity contribution in [1.82, 2.24) is 20.1 Å². The number of anilines is 1. The fourth-order valence-electron chi connectivity index (χ4n) is 3.14. The summed E-state index contributed by atoms with van der Waals surface area (Å²) < 4.78 is 5.14. The van der Waals surface area contributed by atoms with Gasteiger partial charge in [-0.15, -0.1) is 5.10 Å². The number of nitrogens with zero attached hydrogens (tertiary/aromatic N) is 3. The van der Waals surface area contributed by atoms with E-state index in [-0.39, 0.29) is 30.1 Å². The summed E-state index contributed by atoms with van der Waals surface area (Å²) >= 11 is 0. The van der Waals surface area contributed by atoms with Gasteiger partial charge in [-0.2, -0.15) is 4.98 Å². The first-order chi connectivity index (χ1) is 12.9. The average Bonchev–Trinajstić information content (AvgIpc) is 3.22. The van der Waals surface area contributed by atoms with Crippen molar-refractivity contribution in [3.8, 4) is 5.75 Å². The number of H-pyrrole nitrogens is 1. The standard InChI is InChI=1S/C19H25N5O3/c1-12(2)10-24-11-14(9-17(24)25)18(26)21-19-20-16(22-23-19)8-13-4-6-15(27-3)7-5-13/h4-7,12,14H,8-11H2,1-3H3,(H2,20,21,22,23,26). The van der Waals surface area contributed by atoms with Gasteiger partial charge in [0.1, 0.15) is 11.6 Å². The molecule has 0 radical (unpaired) electrons. The smallest absolute Gasteiger partial charge is 0.248 e. The number of benzene rings is 1. The highest BCUT2D eigenvalue weighted by Crippen LogP contribution is 2.20. The second kappa shape index (κ2) is 8.20. The van der Waals surface area contributed by atoms with Crippen LogP contribution in [0, 0.1) is 11.8 Å². The number of hydrogen-bond donors (Lipinski definition) is 2. The number of likely N-dealkylation sites (tertiary alicyclic amines) is 1. The number of carbonyl (C=O) groups excluding carboxylic acids is 2. The number of ether oxygens (including phenoxy) is 1. The van der Waals surface area contributed by atoms with Gasteiger partial charge in [0.05, 0.1) is 13.0 Å². The largest absolute Gasteiger partial charge is 0.497 e. The Morgan fingerprint density at radius 3 is 2.78 bits per heavy atom. The first-order valence-corrected chi connectivity index (χ1v) is 9.07. The van der Waals surface area contributed by atoms with E-state index in [1.165, 1.54) is 0 Å². The minimum absolute atomic E-state index is 0.0269. The average molecular weight is 371 g/mol. The summed E-state index contributed by atoms with van der Waals surface area (Å²) in [5, 5.41) is 9.60. The first kappa shape index (κ1) is 18.9. The third-order valence-corrected chi connectivity index (χ3v) is 4.47. The molecule has 1 unspecified atom stereocenters. The quantitative estimate of drug-likeness (QED) is 0.774. The summed E-state index contributed by atoms with van der Waals surface area (Å²) in [7, 11) is 1.63. The number of rotatable bonds is 7. The molecule has 0 aliphatic carbocycles. The van der Waals surface area contributed by atoms with Gasteiger partial charge in [-0.1, -0.05) is 26.0 Å². The molecule has 2 N–H and O–H groups in total. The van der Waals surface area contributed by atoms with E-state index in [2.05, 4.69) is 34.3 Å². The fourth-order valence-corrected chi connectivity index (χ4v) is 3.14. The third-order valence-electron chi connectivity index (χ3n) is 4.47. The van der Waals surface area contributed by atoms with E-state index < -0.39 is 0 Å². The highest BCUT2D eigenvalue weighted by atomic mass is 16.5. The van der Waals surface area contributed by atoms with Crippen molar-refractivity contribution in [2.45, 2.75) is 26.7 Å². The van der Waals surface area contributed by atoms with Crippen molar-refractivity contribution in [3.05, 3.63) is 35.7 Å². The zero-order valence-corrected chi connectivity index (χ0v) is 15.9. The molecule has 1 aliphatic rings. The molecule has 1 aromatic heterocycles. The molecular formula is C19H25N5O3. The van der Waals surface area contributed by atoms with Crippen LogP contribution in [0.3, 0.4) is 0 Å². The zero-order chi connectivity index (χ0) is 19.4. The lowest BCUT2D eigenvalue weighted by molar-refractivity contribution is -0.128. The van der Waals surface area contributed by atoms with Crippen molar-refractivity contribution in [2.24, 2.45) is 11.8 Å². The maximum absolute atomic E-state index is 12.4. The Morgan fingerprint density at radius 1 is 1.37 bits per heavy atom. The molecule has 1 saturated heterocycles. The van der Waals surface area contributed by atoms with E-state index in [4.69, 9.17) is 4.74 Å². The van der Waals surface area contributed by atoms with Gasteiger partial charge >= 0.3 is 0 Å². The minimum atomic E-state index is -0.361. The van der Waals surface area contributed by atoms with Crippen LogP contribution in [0.25, 0.3) is 0 Å². The minimum Gasteiger partial charge on any atom is -0.497 e. The number of hydrogen-bond acceptors (Lipinski definition) is 5. The van der Waals surface area contributed by atoms with Crippen LogP contribution < -0.4 is 10.1 Å². The molecule has 144 valence electrons. The van der Waals surface area contributed by atoms with Crippen molar-refractivity contribution in [3.63, 3.8) is 0 Å². The van der Waals surface area contributed by atoms with Crippen LogP contribution in [0.15, 0.2) is 24.3 Å². The number of aromatic amines is 1. The van der Waals surface area contributed by atoms with Gasteiger partial charge in [0.25, 0.3) is 0 Å². The summed E-state index contributed by atoms with van der Waals surface area (Å²) in [5.41, 5.74) is 1.05. The number of aromatic nitrogens is 3. The molecule has 1 aromatic carbocycles. The fraction of sp³-hybridized carbons (Fsp3) is 0.474. The van der Waals surface area contributed by atoms with Gasteiger partial charge in [-0.3, -0.25) is 20.0 Å². The molecular weight excluding hydrogens is 346 g/mol. The molecule has 1 atom stereocenters. The molecule has 0 spiro atoms. The predicted molar refractivity (Wildman–Crippen MR) is 100 cm³/mol. The van der Waals surface area contributed by atoms with E-state index in [0.717, 1.165) is 11.3 Å². The summed E-state index contributed by atoms with van der Waals surface area (Å²) in [6, 6.07) is 7.67. The van der Waals surface area contributed by atoms with E-state index in [1.54, 1.807) is 12.0 Å². The molecule has 3 rings (SSSR count). The van der Waals surface area contributed by atoms with Crippen molar-refractivity contribution in [2.75, 3.05) is 25.5 Å². The number of methoxy groups -OCH3 is 1. The maximum atomic E-state index is 12.4. The third kappa shape index (κ3) is 4.84.